The van der Waals surface area contributed by atoms with Gasteiger partial charge in [-0.05, 0) is 13.3 Å². The highest BCUT2D eigenvalue weighted by Gasteiger charge is 2.24. The van der Waals surface area contributed by atoms with Crippen molar-refractivity contribution in [3.63, 3.8) is 0 Å². The van der Waals surface area contributed by atoms with E-state index in [9.17, 15) is 4.39 Å². The van der Waals surface area contributed by atoms with Crippen molar-refractivity contribution >= 4 is 17.5 Å². The van der Waals surface area contributed by atoms with E-state index in [0.717, 1.165) is 56.9 Å². The van der Waals surface area contributed by atoms with Crippen LogP contribution in [0.4, 0.5) is 21.8 Å². The molecular weight excluding hydrogens is 361 g/mol. The van der Waals surface area contributed by atoms with Crippen LogP contribution in [-0.4, -0.2) is 72.4 Å². The Bertz CT molecular complexity index is 820. The lowest BCUT2D eigenvalue weighted by Gasteiger charge is -2.36. The van der Waals surface area contributed by atoms with Crippen LogP contribution < -0.4 is 14.7 Å². The van der Waals surface area contributed by atoms with E-state index in [0.29, 0.717) is 31.0 Å². The molecule has 0 amide bonds. The Labute approximate surface area is 164 Å². The third-order valence-corrected chi connectivity index (χ3v) is 5.23. The average molecular weight is 387 g/mol. The first-order valence-corrected chi connectivity index (χ1v) is 9.83. The highest BCUT2D eigenvalue weighted by molar-refractivity contribution is 5.53. The van der Waals surface area contributed by atoms with Crippen LogP contribution in [0.1, 0.15) is 18.4 Å². The summed E-state index contributed by atoms with van der Waals surface area (Å²) in [6, 6.07) is 2.05. The Morgan fingerprint density at radius 1 is 0.929 bits per heavy atom. The molecule has 0 atom stereocenters. The first kappa shape index (κ1) is 18.8. The molecule has 2 aromatic rings. The van der Waals surface area contributed by atoms with Gasteiger partial charge in [-0.2, -0.15) is 0 Å². The molecule has 4 heterocycles. The van der Waals surface area contributed by atoms with Crippen LogP contribution in [0.2, 0.25) is 0 Å². The molecule has 2 saturated heterocycles. The van der Waals surface area contributed by atoms with E-state index in [4.69, 9.17) is 4.74 Å². The van der Waals surface area contributed by atoms with Crippen molar-refractivity contribution in [2.24, 2.45) is 0 Å². The molecule has 0 aromatic carbocycles. The Kier molecular flexibility index (Phi) is 5.52. The van der Waals surface area contributed by atoms with E-state index < -0.39 is 0 Å². The molecule has 0 unspecified atom stereocenters. The van der Waals surface area contributed by atoms with Crippen LogP contribution in [0.15, 0.2) is 12.4 Å². The van der Waals surface area contributed by atoms with Crippen molar-refractivity contribution < 1.29 is 9.13 Å². The minimum atomic E-state index is -0.300. The summed E-state index contributed by atoms with van der Waals surface area (Å²) >= 11 is 0. The summed E-state index contributed by atoms with van der Waals surface area (Å²) in [5.74, 6) is 2.73. The summed E-state index contributed by atoms with van der Waals surface area (Å²) in [6.45, 7) is 9.84. The van der Waals surface area contributed by atoms with E-state index in [1.54, 1.807) is 0 Å². The quantitative estimate of drug-likeness (QED) is 0.781. The van der Waals surface area contributed by atoms with E-state index in [1.807, 2.05) is 18.7 Å². The first-order valence-electron chi connectivity index (χ1n) is 9.83. The number of hydrogen-bond acceptors (Lipinski definition) is 8. The second-order valence-corrected chi connectivity index (χ2v) is 7.02. The highest BCUT2D eigenvalue weighted by Crippen LogP contribution is 2.24. The number of halogens is 1. The fourth-order valence-corrected chi connectivity index (χ4v) is 3.66. The maximum Gasteiger partial charge on any atom is 0.187 e. The Balaban J connectivity index is 1.47. The molecule has 0 spiro atoms. The third-order valence-electron chi connectivity index (χ3n) is 5.23. The summed E-state index contributed by atoms with van der Waals surface area (Å²) < 4.78 is 20.0. The van der Waals surface area contributed by atoms with Gasteiger partial charge in [0.05, 0.1) is 18.9 Å². The SMILES string of the molecule is CCc1ncnc(N2CCN(c3cc(N4CCOCC4)nc(C)n3)CC2)c1F. The van der Waals surface area contributed by atoms with Crippen LogP contribution in [0.3, 0.4) is 0 Å². The van der Waals surface area contributed by atoms with Gasteiger partial charge in [0.2, 0.25) is 0 Å². The smallest absolute Gasteiger partial charge is 0.187 e. The van der Waals surface area contributed by atoms with Crippen LogP contribution in [0.25, 0.3) is 0 Å². The molecule has 2 aliphatic rings. The van der Waals surface area contributed by atoms with E-state index in [1.165, 1.54) is 6.33 Å². The van der Waals surface area contributed by atoms with Crippen molar-refractivity contribution in [3.05, 3.63) is 29.7 Å². The minimum absolute atomic E-state index is 0.300. The van der Waals surface area contributed by atoms with Gasteiger partial charge in [-0.1, -0.05) is 6.92 Å². The van der Waals surface area contributed by atoms with Crippen molar-refractivity contribution in [2.45, 2.75) is 20.3 Å². The normalized spacial score (nSPS) is 17.9. The number of aromatic nitrogens is 4. The molecule has 2 aromatic heterocycles. The Hall–Kier alpha value is -2.55. The number of piperazine rings is 1. The van der Waals surface area contributed by atoms with Gasteiger partial charge in [-0.3, -0.25) is 0 Å². The molecule has 0 radical (unpaired) electrons. The predicted molar refractivity (Wildman–Crippen MR) is 106 cm³/mol. The van der Waals surface area contributed by atoms with Gasteiger partial charge in [0, 0.05) is 45.3 Å². The van der Waals surface area contributed by atoms with Crippen LogP contribution in [0.5, 0.6) is 0 Å². The van der Waals surface area contributed by atoms with Crippen LogP contribution >= 0.6 is 0 Å². The monoisotopic (exact) mass is 387 g/mol. The Morgan fingerprint density at radius 3 is 2.18 bits per heavy atom. The number of rotatable bonds is 4. The minimum Gasteiger partial charge on any atom is -0.378 e. The van der Waals surface area contributed by atoms with Gasteiger partial charge in [-0.25, -0.2) is 24.3 Å². The van der Waals surface area contributed by atoms with E-state index in [-0.39, 0.29) is 5.82 Å². The molecule has 2 fully saturated rings. The maximum atomic E-state index is 14.6. The number of hydrogen-bond donors (Lipinski definition) is 0. The maximum absolute atomic E-state index is 14.6. The summed E-state index contributed by atoms with van der Waals surface area (Å²) in [7, 11) is 0. The molecule has 0 bridgehead atoms. The molecule has 2 aliphatic heterocycles. The second kappa shape index (κ2) is 8.22. The number of anilines is 3. The predicted octanol–water partition coefficient (Wildman–Crippen LogP) is 1.44. The van der Waals surface area contributed by atoms with Crippen molar-refractivity contribution in [2.75, 3.05) is 67.2 Å². The number of morpholine rings is 1. The first-order chi connectivity index (χ1) is 13.7. The fourth-order valence-electron chi connectivity index (χ4n) is 3.66. The molecule has 4 rings (SSSR count). The summed E-state index contributed by atoms with van der Waals surface area (Å²) in [4.78, 5) is 23.9. The van der Waals surface area contributed by atoms with Crippen LogP contribution in [-0.2, 0) is 11.2 Å². The third kappa shape index (κ3) is 3.84. The summed E-state index contributed by atoms with van der Waals surface area (Å²) in [5.41, 5.74) is 0.467. The van der Waals surface area contributed by atoms with Gasteiger partial charge in [0.15, 0.2) is 11.6 Å². The molecule has 0 aliphatic carbocycles. The molecule has 0 saturated carbocycles. The zero-order valence-corrected chi connectivity index (χ0v) is 16.4. The molecule has 8 nitrogen and oxygen atoms in total. The lowest BCUT2D eigenvalue weighted by atomic mass is 10.2. The average Bonchev–Trinajstić information content (AvgIpc) is 2.74. The fraction of sp³-hybridized carbons (Fsp3) is 0.579. The van der Waals surface area contributed by atoms with Crippen molar-refractivity contribution in [3.8, 4) is 0 Å². The van der Waals surface area contributed by atoms with Gasteiger partial charge in [-0.15, -0.1) is 0 Å². The van der Waals surface area contributed by atoms with E-state index >= 15 is 0 Å². The molecule has 9 heteroatoms. The van der Waals surface area contributed by atoms with Gasteiger partial charge in [0.25, 0.3) is 0 Å². The number of ether oxygens (including phenoxy) is 1. The zero-order chi connectivity index (χ0) is 19.5. The molecule has 150 valence electrons. The second-order valence-electron chi connectivity index (χ2n) is 7.02. The summed E-state index contributed by atoms with van der Waals surface area (Å²) in [5, 5.41) is 0. The molecule has 28 heavy (non-hydrogen) atoms. The van der Waals surface area contributed by atoms with E-state index in [2.05, 4.69) is 35.8 Å². The standard InChI is InChI=1S/C19H26FN7O/c1-3-15-18(20)19(22-13-21-15)27-6-4-25(5-7-27)16-12-17(24-14(2)23-16)26-8-10-28-11-9-26/h12-13H,3-11H2,1-2H3. The molecule has 0 N–H and O–H groups in total. The van der Waals surface area contributed by atoms with Crippen molar-refractivity contribution in [1.82, 2.24) is 19.9 Å². The van der Waals surface area contributed by atoms with Crippen molar-refractivity contribution in [1.29, 1.82) is 0 Å². The Morgan fingerprint density at radius 2 is 1.54 bits per heavy atom. The number of nitrogens with zero attached hydrogens (tertiary/aromatic N) is 7. The van der Waals surface area contributed by atoms with Crippen LogP contribution in [0, 0.1) is 12.7 Å². The topological polar surface area (TPSA) is 70.5 Å². The van der Waals surface area contributed by atoms with Gasteiger partial charge in [0.1, 0.15) is 23.8 Å². The highest BCUT2D eigenvalue weighted by atomic mass is 19.1. The molecular formula is C19H26FN7O. The lowest BCUT2D eigenvalue weighted by molar-refractivity contribution is 0.122. The lowest BCUT2D eigenvalue weighted by Crippen LogP contribution is -2.47. The summed E-state index contributed by atoms with van der Waals surface area (Å²) in [6.07, 6.45) is 2.01. The van der Waals surface area contributed by atoms with Gasteiger partial charge < -0.3 is 19.4 Å². The largest absolute Gasteiger partial charge is 0.378 e. The zero-order valence-electron chi connectivity index (χ0n) is 16.4. The number of aryl methyl sites for hydroxylation is 2. The van der Waals surface area contributed by atoms with Gasteiger partial charge >= 0.3 is 0 Å².